The minimum Gasteiger partial charge on any atom is -0.432 e. The van der Waals surface area contributed by atoms with E-state index in [4.69, 9.17) is 9.47 Å². The molecule has 1 unspecified atom stereocenters. The molecule has 2 aromatic carbocycles. The van der Waals surface area contributed by atoms with E-state index in [9.17, 15) is 4.79 Å². The van der Waals surface area contributed by atoms with Gasteiger partial charge in [0.15, 0.2) is 0 Å². The number of aryl methyl sites for hydroxylation is 2. The predicted octanol–water partition coefficient (Wildman–Crippen LogP) is 4.08. The normalized spacial score (nSPS) is 20.7. The van der Waals surface area contributed by atoms with E-state index < -0.39 is 6.29 Å². The maximum atomic E-state index is 12.0. The Morgan fingerprint density at radius 2 is 1.38 bits per heavy atom. The molecular formula is C21H22O3. The summed E-state index contributed by atoms with van der Waals surface area (Å²) in [6.45, 7) is 3.84. The van der Waals surface area contributed by atoms with Crippen LogP contribution in [-0.2, 0) is 27.1 Å². The Balaban J connectivity index is 1.56. The van der Waals surface area contributed by atoms with Gasteiger partial charge in [0, 0.05) is 6.42 Å². The van der Waals surface area contributed by atoms with Crippen LogP contribution in [0.4, 0.5) is 0 Å². The Labute approximate surface area is 142 Å². The highest BCUT2D eigenvalue weighted by Crippen LogP contribution is 2.24. The zero-order valence-electron chi connectivity index (χ0n) is 13.7. The molecule has 24 heavy (non-hydrogen) atoms. The molecule has 3 heteroatoms. The summed E-state index contributed by atoms with van der Waals surface area (Å²) in [7, 11) is 0. The molecule has 1 aliphatic rings. The van der Waals surface area contributed by atoms with Crippen molar-refractivity contribution < 1.29 is 14.3 Å². The molecule has 3 nitrogen and oxygen atoms in total. The fraction of sp³-hybridized carbons (Fsp3) is 0.286. The van der Waals surface area contributed by atoms with E-state index in [1.165, 1.54) is 11.1 Å². The molecular weight excluding hydrogens is 300 g/mol. The number of esters is 1. The maximum Gasteiger partial charge on any atom is 0.338 e. The average Bonchev–Trinajstić information content (AvgIpc) is 2.63. The summed E-state index contributed by atoms with van der Waals surface area (Å²) in [5.74, 6) is -0.336. The quantitative estimate of drug-likeness (QED) is 0.594. The van der Waals surface area contributed by atoms with Gasteiger partial charge in [0.25, 0.3) is 0 Å². The number of rotatable bonds is 6. The third-order valence-electron chi connectivity index (χ3n) is 4.25. The predicted molar refractivity (Wildman–Crippen MR) is 93.4 cm³/mol. The average molecular weight is 322 g/mol. The Hall–Kier alpha value is -2.39. The lowest BCUT2D eigenvalue weighted by molar-refractivity contribution is -0.202. The second kappa shape index (κ2) is 7.93. The van der Waals surface area contributed by atoms with Crippen LogP contribution >= 0.6 is 0 Å². The van der Waals surface area contributed by atoms with Gasteiger partial charge in [-0.3, -0.25) is 0 Å². The molecule has 1 aliphatic heterocycles. The number of benzene rings is 2. The molecule has 0 spiro atoms. The van der Waals surface area contributed by atoms with Gasteiger partial charge in [0.1, 0.15) is 0 Å². The van der Waals surface area contributed by atoms with E-state index in [1.54, 1.807) is 0 Å². The van der Waals surface area contributed by atoms with Gasteiger partial charge in [0.05, 0.1) is 11.7 Å². The van der Waals surface area contributed by atoms with Crippen molar-refractivity contribution in [1.82, 2.24) is 0 Å². The molecule has 124 valence electrons. The van der Waals surface area contributed by atoms with Crippen LogP contribution in [-0.4, -0.2) is 18.4 Å². The molecule has 1 fully saturated rings. The summed E-state index contributed by atoms with van der Waals surface area (Å²) in [6, 6.07) is 20.3. The molecule has 1 saturated heterocycles. The topological polar surface area (TPSA) is 35.5 Å². The lowest BCUT2D eigenvalue weighted by atomic mass is 10.0. The van der Waals surface area contributed by atoms with Crippen LogP contribution in [0.1, 0.15) is 24.0 Å². The summed E-state index contributed by atoms with van der Waals surface area (Å²) in [4.78, 5) is 12.0. The van der Waals surface area contributed by atoms with Crippen molar-refractivity contribution in [2.45, 2.75) is 38.1 Å². The first kappa shape index (κ1) is 16.5. The van der Waals surface area contributed by atoms with Crippen LogP contribution < -0.4 is 0 Å². The first-order chi connectivity index (χ1) is 11.7. The molecule has 2 atom stereocenters. The third-order valence-corrected chi connectivity index (χ3v) is 4.25. The van der Waals surface area contributed by atoms with E-state index in [0.29, 0.717) is 12.0 Å². The fourth-order valence-corrected chi connectivity index (χ4v) is 2.86. The van der Waals surface area contributed by atoms with Gasteiger partial charge in [-0.15, -0.1) is 0 Å². The van der Waals surface area contributed by atoms with E-state index in [-0.39, 0.29) is 12.1 Å². The highest BCUT2D eigenvalue weighted by atomic mass is 16.7. The Morgan fingerprint density at radius 3 is 1.96 bits per heavy atom. The summed E-state index contributed by atoms with van der Waals surface area (Å²) in [6.07, 6.45) is 2.29. The van der Waals surface area contributed by atoms with Crippen molar-refractivity contribution in [2.75, 3.05) is 0 Å². The monoisotopic (exact) mass is 322 g/mol. The molecule has 0 aromatic heterocycles. The van der Waals surface area contributed by atoms with Crippen LogP contribution in [0.5, 0.6) is 0 Å². The van der Waals surface area contributed by atoms with Crippen molar-refractivity contribution in [3.05, 3.63) is 83.9 Å². The van der Waals surface area contributed by atoms with Crippen molar-refractivity contribution >= 4 is 5.97 Å². The molecule has 0 saturated carbocycles. The van der Waals surface area contributed by atoms with Crippen LogP contribution in [0.25, 0.3) is 0 Å². The summed E-state index contributed by atoms with van der Waals surface area (Å²) in [5.41, 5.74) is 2.86. The number of cyclic esters (lactones) is 1. The van der Waals surface area contributed by atoms with Gasteiger partial charge >= 0.3 is 5.97 Å². The Morgan fingerprint density at radius 1 is 0.833 bits per heavy atom. The largest absolute Gasteiger partial charge is 0.432 e. The third kappa shape index (κ3) is 4.33. The SMILES string of the molecule is C=C1C(=O)O[C@H](CCc2ccccc2)OC1CCc1ccccc1. The molecule has 0 N–H and O–H groups in total. The second-order valence-corrected chi connectivity index (χ2v) is 6.03. The molecule has 1 heterocycles. The van der Waals surface area contributed by atoms with Gasteiger partial charge in [-0.25, -0.2) is 4.79 Å². The van der Waals surface area contributed by atoms with E-state index >= 15 is 0 Å². The van der Waals surface area contributed by atoms with Crippen LogP contribution in [0, 0.1) is 0 Å². The first-order valence-corrected chi connectivity index (χ1v) is 8.35. The molecule has 2 aromatic rings. The molecule has 0 amide bonds. The van der Waals surface area contributed by atoms with Gasteiger partial charge in [-0.1, -0.05) is 67.2 Å². The minimum atomic E-state index is -0.496. The van der Waals surface area contributed by atoms with Crippen LogP contribution in [0.3, 0.4) is 0 Å². The number of carbonyl (C=O) groups excluding carboxylic acids is 1. The first-order valence-electron chi connectivity index (χ1n) is 8.35. The molecule has 0 bridgehead atoms. The van der Waals surface area contributed by atoms with Crippen molar-refractivity contribution in [2.24, 2.45) is 0 Å². The van der Waals surface area contributed by atoms with E-state index in [2.05, 4.69) is 30.8 Å². The second-order valence-electron chi connectivity index (χ2n) is 6.03. The van der Waals surface area contributed by atoms with Gasteiger partial charge in [-0.05, 0) is 30.4 Å². The van der Waals surface area contributed by atoms with Gasteiger partial charge in [-0.2, -0.15) is 0 Å². The zero-order chi connectivity index (χ0) is 16.8. The fourth-order valence-electron chi connectivity index (χ4n) is 2.86. The van der Waals surface area contributed by atoms with E-state index in [0.717, 1.165) is 19.3 Å². The molecule has 0 radical (unpaired) electrons. The summed E-state index contributed by atoms with van der Waals surface area (Å²) < 4.78 is 11.3. The Kier molecular flexibility index (Phi) is 5.44. The summed E-state index contributed by atoms with van der Waals surface area (Å²) in [5, 5.41) is 0. The van der Waals surface area contributed by atoms with Crippen LogP contribution in [0.2, 0.25) is 0 Å². The smallest absolute Gasteiger partial charge is 0.338 e. The molecule has 3 rings (SSSR count). The minimum absolute atomic E-state index is 0.271. The van der Waals surface area contributed by atoms with Gasteiger partial charge < -0.3 is 9.47 Å². The number of carbonyl (C=O) groups is 1. The standard InChI is InChI=1S/C21H22O3/c1-16-19(14-12-17-8-4-2-5-9-17)23-20(24-21(16)22)15-13-18-10-6-3-7-11-18/h2-11,19-20H,1,12-15H2/t19?,20-/m1/s1. The lowest BCUT2D eigenvalue weighted by Gasteiger charge is -2.31. The summed E-state index contributed by atoms with van der Waals surface area (Å²) >= 11 is 0. The number of hydrogen-bond acceptors (Lipinski definition) is 3. The maximum absolute atomic E-state index is 12.0. The van der Waals surface area contributed by atoms with Crippen molar-refractivity contribution in [1.29, 1.82) is 0 Å². The van der Waals surface area contributed by atoms with Crippen molar-refractivity contribution in [3.63, 3.8) is 0 Å². The van der Waals surface area contributed by atoms with Crippen molar-refractivity contribution in [3.8, 4) is 0 Å². The molecule has 0 aliphatic carbocycles. The zero-order valence-corrected chi connectivity index (χ0v) is 13.7. The van der Waals surface area contributed by atoms with E-state index in [1.807, 2.05) is 36.4 Å². The highest BCUT2D eigenvalue weighted by Gasteiger charge is 2.32. The number of hydrogen-bond donors (Lipinski definition) is 0. The number of ether oxygens (including phenoxy) is 2. The van der Waals surface area contributed by atoms with Crippen LogP contribution in [0.15, 0.2) is 72.8 Å². The Bertz CT molecular complexity index is 679. The van der Waals surface area contributed by atoms with Gasteiger partial charge in [0.2, 0.25) is 6.29 Å². The highest BCUT2D eigenvalue weighted by molar-refractivity contribution is 5.89. The lowest BCUT2D eigenvalue weighted by Crippen LogP contribution is -2.38.